The lowest BCUT2D eigenvalue weighted by Gasteiger charge is -2.35. The van der Waals surface area contributed by atoms with E-state index in [1.165, 1.54) is 18.9 Å². The second kappa shape index (κ2) is 6.19. The van der Waals surface area contributed by atoms with Crippen molar-refractivity contribution < 1.29 is 4.39 Å². The molecule has 1 heterocycles. The molecule has 1 N–H and O–H groups in total. The minimum absolute atomic E-state index is 0.157. The van der Waals surface area contributed by atoms with Crippen LogP contribution in [0, 0.1) is 11.7 Å². The van der Waals surface area contributed by atoms with Crippen molar-refractivity contribution >= 4 is 5.69 Å². The summed E-state index contributed by atoms with van der Waals surface area (Å²) in [4.78, 5) is 2.25. The molecule has 2 unspecified atom stereocenters. The summed E-state index contributed by atoms with van der Waals surface area (Å²) in [5, 5.41) is 3.58. The van der Waals surface area contributed by atoms with E-state index in [9.17, 15) is 4.39 Å². The van der Waals surface area contributed by atoms with Gasteiger partial charge in [0.2, 0.25) is 0 Å². The summed E-state index contributed by atoms with van der Waals surface area (Å²) in [5.41, 5.74) is 0.983. The Morgan fingerprint density at radius 3 is 2.94 bits per heavy atom. The molecule has 2 rings (SSSR count). The van der Waals surface area contributed by atoms with Gasteiger partial charge in [-0.25, -0.2) is 4.39 Å². The smallest absolute Gasteiger partial charge is 0.125 e. The normalized spacial score (nSPS) is 23.9. The molecule has 1 saturated heterocycles. The van der Waals surface area contributed by atoms with E-state index in [-0.39, 0.29) is 5.82 Å². The number of nitrogens with one attached hydrogen (secondary N) is 1. The maximum absolute atomic E-state index is 13.3. The van der Waals surface area contributed by atoms with Crippen LogP contribution in [0.2, 0.25) is 0 Å². The van der Waals surface area contributed by atoms with Crippen molar-refractivity contribution in [3.05, 3.63) is 30.1 Å². The Kier molecular flexibility index (Phi) is 4.59. The number of benzene rings is 1. The van der Waals surface area contributed by atoms with Crippen molar-refractivity contribution in [2.45, 2.75) is 32.7 Å². The Balaban J connectivity index is 2.04. The number of likely N-dealkylation sites (N-methyl/N-ethyl adjacent to an activating group) is 1. The quantitative estimate of drug-likeness (QED) is 0.883. The van der Waals surface area contributed by atoms with E-state index in [2.05, 4.69) is 24.1 Å². The fraction of sp³-hybridized carbons (Fsp3) is 0.600. The zero-order chi connectivity index (χ0) is 13.0. The molecular formula is C15H23FN2. The number of nitrogens with zero attached hydrogens (tertiary/aromatic N) is 1. The van der Waals surface area contributed by atoms with E-state index in [1.54, 1.807) is 12.1 Å². The van der Waals surface area contributed by atoms with Crippen molar-refractivity contribution in [1.82, 2.24) is 5.32 Å². The maximum Gasteiger partial charge on any atom is 0.125 e. The van der Waals surface area contributed by atoms with E-state index < -0.39 is 0 Å². The van der Waals surface area contributed by atoms with Crippen molar-refractivity contribution in [1.29, 1.82) is 0 Å². The van der Waals surface area contributed by atoms with Gasteiger partial charge in [0.25, 0.3) is 0 Å². The average molecular weight is 250 g/mol. The molecule has 0 amide bonds. The number of rotatable bonds is 4. The molecule has 100 valence electrons. The number of anilines is 1. The molecule has 2 nitrogen and oxygen atoms in total. The zero-order valence-corrected chi connectivity index (χ0v) is 11.3. The summed E-state index contributed by atoms with van der Waals surface area (Å²) in [6.45, 7) is 7.40. The van der Waals surface area contributed by atoms with Gasteiger partial charge < -0.3 is 10.2 Å². The van der Waals surface area contributed by atoms with Gasteiger partial charge in [0.15, 0.2) is 0 Å². The van der Waals surface area contributed by atoms with Gasteiger partial charge in [-0.2, -0.15) is 0 Å². The van der Waals surface area contributed by atoms with Crippen LogP contribution in [0.25, 0.3) is 0 Å². The highest BCUT2D eigenvalue weighted by atomic mass is 19.1. The molecule has 1 aromatic carbocycles. The predicted molar refractivity (Wildman–Crippen MR) is 74.5 cm³/mol. The average Bonchev–Trinajstić information content (AvgIpc) is 2.38. The van der Waals surface area contributed by atoms with E-state index >= 15 is 0 Å². The largest absolute Gasteiger partial charge is 0.370 e. The Morgan fingerprint density at radius 1 is 1.44 bits per heavy atom. The van der Waals surface area contributed by atoms with Gasteiger partial charge in [0.1, 0.15) is 5.82 Å². The van der Waals surface area contributed by atoms with E-state index in [0.29, 0.717) is 12.0 Å². The minimum Gasteiger partial charge on any atom is -0.370 e. The lowest BCUT2D eigenvalue weighted by atomic mass is 9.92. The van der Waals surface area contributed by atoms with Crippen LogP contribution >= 0.6 is 0 Å². The molecule has 1 aliphatic rings. The summed E-state index contributed by atoms with van der Waals surface area (Å²) >= 11 is 0. The second-order valence-electron chi connectivity index (χ2n) is 5.20. The van der Waals surface area contributed by atoms with Crippen LogP contribution in [0.15, 0.2) is 24.3 Å². The predicted octanol–water partition coefficient (Wildman–Crippen LogP) is 3.04. The topological polar surface area (TPSA) is 15.3 Å². The maximum atomic E-state index is 13.3. The van der Waals surface area contributed by atoms with Crippen molar-refractivity contribution in [3.63, 3.8) is 0 Å². The highest BCUT2D eigenvalue weighted by Gasteiger charge is 2.22. The first-order valence-electron chi connectivity index (χ1n) is 6.94. The molecule has 18 heavy (non-hydrogen) atoms. The van der Waals surface area contributed by atoms with Crippen molar-refractivity contribution in [2.75, 3.05) is 24.5 Å². The standard InChI is InChI=1S/C15H23FN2/c1-3-18(14-8-4-7-13(16)10-14)11-15-12(2)6-5-9-17-15/h4,7-8,10,12,15,17H,3,5-6,9,11H2,1-2H3. The molecule has 0 radical (unpaired) electrons. The number of hydrogen-bond acceptors (Lipinski definition) is 2. The number of hydrogen-bond donors (Lipinski definition) is 1. The first kappa shape index (κ1) is 13.3. The molecule has 1 fully saturated rings. The fourth-order valence-electron chi connectivity index (χ4n) is 2.69. The van der Waals surface area contributed by atoms with Gasteiger partial charge in [0.05, 0.1) is 0 Å². The Bertz CT molecular complexity index is 381. The third-order valence-electron chi connectivity index (χ3n) is 3.90. The molecule has 0 spiro atoms. The molecule has 0 saturated carbocycles. The third kappa shape index (κ3) is 3.22. The number of piperidine rings is 1. The summed E-state index contributed by atoms with van der Waals surface area (Å²) in [5.74, 6) is 0.539. The Labute approximate surface area is 109 Å². The summed E-state index contributed by atoms with van der Waals surface area (Å²) in [6.07, 6.45) is 2.56. The first-order valence-corrected chi connectivity index (χ1v) is 6.94. The fourth-order valence-corrected chi connectivity index (χ4v) is 2.69. The minimum atomic E-state index is -0.157. The molecule has 3 heteroatoms. The SMILES string of the molecule is CCN(CC1NCCCC1C)c1cccc(F)c1. The number of halogens is 1. The summed E-state index contributed by atoms with van der Waals surface area (Å²) in [7, 11) is 0. The van der Waals surface area contributed by atoms with Crippen LogP contribution in [0.1, 0.15) is 26.7 Å². The van der Waals surface area contributed by atoms with E-state index in [0.717, 1.165) is 25.3 Å². The lowest BCUT2D eigenvalue weighted by Crippen LogP contribution is -2.48. The first-order chi connectivity index (χ1) is 8.70. The molecule has 2 atom stereocenters. The van der Waals surface area contributed by atoms with Crippen LogP contribution in [0.3, 0.4) is 0 Å². The zero-order valence-electron chi connectivity index (χ0n) is 11.3. The summed E-state index contributed by atoms with van der Waals surface area (Å²) in [6, 6.07) is 7.41. The molecule has 1 aliphatic heterocycles. The highest BCUT2D eigenvalue weighted by molar-refractivity contribution is 5.46. The van der Waals surface area contributed by atoms with Gasteiger partial charge in [0, 0.05) is 24.8 Å². The lowest BCUT2D eigenvalue weighted by molar-refractivity contribution is 0.301. The van der Waals surface area contributed by atoms with E-state index in [4.69, 9.17) is 0 Å². The van der Waals surface area contributed by atoms with Crippen LogP contribution < -0.4 is 10.2 Å². The van der Waals surface area contributed by atoms with Gasteiger partial charge in [-0.3, -0.25) is 0 Å². The van der Waals surface area contributed by atoms with E-state index in [1.807, 2.05) is 6.07 Å². The van der Waals surface area contributed by atoms with Crippen LogP contribution in [0.4, 0.5) is 10.1 Å². The van der Waals surface area contributed by atoms with Crippen molar-refractivity contribution in [3.8, 4) is 0 Å². The van der Waals surface area contributed by atoms with Crippen LogP contribution in [-0.4, -0.2) is 25.7 Å². The Hall–Kier alpha value is -1.09. The molecule has 0 bridgehead atoms. The van der Waals surface area contributed by atoms with Gasteiger partial charge in [-0.1, -0.05) is 13.0 Å². The van der Waals surface area contributed by atoms with Gasteiger partial charge in [-0.15, -0.1) is 0 Å². The molecular weight excluding hydrogens is 227 g/mol. The van der Waals surface area contributed by atoms with Crippen molar-refractivity contribution in [2.24, 2.45) is 5.92 Å². The third-order valence-corrected chi connectivity index (χ3v) is 3.90. The summed E-state index contributed by atoms with van der Waals surface area (Å²) < 4.78 is 13.3. The van der Waals surface area contributed by atoms with Crippen LogP contribution in [-0.2, 0) is 0 Å². The van der Waals surface area contributed by atoms with Gasteiger partial charge >= 0.3 is 0 Å². The monoisotopic (exact) mass is 250 g/mol. The molecule has 0 aliphatic carbocycles. The highest BCUT2D eigenvalue weighted by Crippen LogP contribution is 2.20. The van der Waals surface area contributed by atoms with Crippen LogP contribution in [0.5, 0.6) is 0 Å². The Morgan fingerprint density at radius 2 is 2.28 bits per heavy atom. The van der Waals surface area contributed by atoms with Gasteiger partial charge in [-0.05, 0) is 50.4 Å². The molecule has 1 aromatic rings. The second-order valence-corrected chi connectivity index (χ2v) is 5.20. The molecule has 0 aromatic heterocycles.